The SMILES string of the molecule is Cc1ccc(S(=O)(=O)NCCNc2nccc(-c3c(-c4cccc(N)c4)nc4sccn34)n2)cc1. The number of nitrogens with zero attached hydrogens (tertiary/aromatic N) is 4. The molecule has 0 saturated heterocycles. The number of nitrogen functional groups attached to an aromatic ring is 1. The van der Waals surface area contributed by atoms with E-state index < -0.39 is 10.0 Å². The number of fused-ring (bicyclic) bond motifs is 1. The van der Waals surface area contributed by atoms with E-state index in [4.69, 9.17) is 10.7 Å². The number of aromatic nitrogens is 4. The molecule has 178 valence electrons. The van der Waals surface area contributed by atoms with Gasteiger partial charge in [0.1, 0.15) is 5.69 Å². The van der Waals surface area contributed by atoms with Crippen molar-refractivity contribution in [3.63, 3.8) is 0 Å². The number of hydrogen-bond acceptors (Lipinski definition) is 8. The molecule has 3 aromatic heterocycles. The third kappa shape index (κ3) is 4.87. The van der Waals surface area contributed by atoms with Crippen LogP contribution in [-0.4, -0.2) is 40.9 Å². The maximum absolute atomic E-state index is 12.5. The van der Waals surface area contributed by atoms with Crippen LogP contribution in [0.3, 0.4) is 0 Å². The quantitative estimate of drug-likeness (QED) is 0.216. The number of rotatable bonds is 8. The highest BCUT2D eigenvalue weighted by Crippen LogP contribution is 2.34. The van der Waals surface area contributed by atoms with Gasteiger partial charge < -0.3 is 11.1 Å². The lowest BCUT2D eigenvalue weighted by molar-refractivity contribution is 0.583. The van der Waals surface area contributed by atoms with Crippen molar-refractivity contribution in [2.45, 2.75) is 11.8 Å². The zero-order valence-electron chi connectivity index (χ0n) is 18.8. The molecule has 0 bridgehead atoms. The van der Waals surface area contributed by atoms with Crippen LogP contribution in [0, 0.1) is 6.92 Å². The maximum Gasteiger partial charge on any atom is 0.240 e. The Morgan fingerprint density at radius 1 is 1.06 bits per heavy atom. The first-order chi connectivity index (χ1) is 16.9. The Bertz CT molecular complexity index is 1590. The van der Waals surface area contributed by atoms with Gasteiger partial charge in [0.05, 0.1) is 16.3 Å². The van der Waals surface area contributed by atoms with Gasteiger partial charge in [0.25, 0.3) is 0 Å². The molecule has 0 aliphatic heterocycles. The van der Waals surface area contributed by atoms with E-state index in [-0.39, 0.29) is 11.4 Å². The highest BCUT2D eigenvalue weighted by Gasteiger charge is 2.19. The second-order valence-corrected chi connectivity index (χ2v) is 10.5. The number of hydrogen-bond donors (Lipinski definition) is 3. The second-order valence-electron chi connectivity index (χ2n) is 7.89. The van der Waals surface area contributed by atoms with Gasteiger partial charge in [0.15, 0.2) is 4.96 Å². The maximum atomic E-state index is 12.5. The van der Waals surface area contributed by atoms with Crippen LogP contribution in [0.4, 0.5) is 11.6 Å². The lowest BCUT2D eigenvalue weighted by Gasteiger charge is -2.09. The standard InChI is InChI=1S/C24H23N7O2S2/c1-16-5-7-19(8-6-16)35(32,33)28-12-11-27-23-26-10-9-20(29-23)22-21(17-3-2-4-18(25)15-17)30-24-31(22)13-14-34-24/h2-10,13-15,28H,11-12,25H2,1H3,(H,26,27,29). The molecule has 9 nitrogen and oxygen atoms in total. The highest BCUT2D eigenvalue weighted by molar-refractivity contribution is 7.89. The summed E-state index contributed by atoms with van der Waals surface area (Å²) < 4.78 is 29.5. The fourth-order valence-electron chi connectivity index (χ4n) is 3.65. The van der Waals surface area contributed by atoms with Gasteiger partial charge in [-0.1, -0.05) is 29.8 Å². The first kappa shape index (κ1) is 23.0. The van der Waals surface area contributed by atoms with E-state index in [1.165, 1.54) is 11.3 Å². The average molecular weight is 506 g/mol. The molecule has 35 heavy (non-hydrogen) atoms. The average Bonchev–Trinajstić information content (AvgIpc) is 3.44. The Morgan fingerprint density at radius 3 is 2.69 bits per heavy atom. The molecule has 0 atom stereocenters. The van der Waals surface area contributed by atoms with E-state index in [1.807, 2.05) is 53.2 Å². The zero-order chi connectivity index (χ0) is 24.4. The van der Waals surface area contributed by atoms with E-state index >= 15 is 0 Å². The van der Waals surface area contributed by atoms with Crippen LogP contribution in [0.5, 0.6) is 0 Å². The smallest absolute Gasteiger partial charge is 0.240 e. The predicted molar refractivity (Wildman–Crippen MR) is 139 cm³/mol. The molecular formula is C24H23N7O2S2. The fourth-order valence-corrected chi connectivity index (χ4v) is 5.40. The van der Waals surface area contributed by atoms with Gasteiger partial charge in [-0.25, -0.2) is 28.1 Å². The summed E-state index contributed by atoms with van der Waals surface area (Å²) in [5.41, 5.74) is 10.9. The number of nitrogens with one attached hydrogen (secondary N) is 2. The molecule has 0 unspecified atom stereocenters. The largest absolute Gasteiger partial charge is 0.399 e. The van der Waals surface area contributed by atoms with Gasteiger partial charge in [0.2, 0.25) is 16.0 Å². The molecule has 5 aromatic rings. The molecule has 0 fully saturated rings. The number of benzene rings is 2. The summed E-state index contributed by atoms with van der Waals surface area (Å²) in [6, 6.07) is 16.1. The van der Waals surface area contributed by atoms with Crippen molar-refractivity contribution in [2.75, 3.05) is 24.1 Å². The number of aryl methyl sites for hydroxylation is 1. The van der Waals surface area contributed by atoms with Crippen molar-refractivity contribution < 1.29 is 8.42 Å². The molecule has 0 spiro atoms. The van der Waals surface area contributed by atoms with E-state index in [9.17, 15) is 8.42 Å². The molecule has 0 aliphatic carbocycles. The van der Waals surface area contributed by atoms with E-state index in [0.29, 0.717) is 23.9 Å². The summed E-state index contributed by atoms with van der Waals surface area (Å²) in [5, 5.41) is 5.06. The fraction of sp³-hybridized carbons (Fsp3) is 0.125. The molecule has 5 rings (SSSR count). The summed E-state index contributed by atoms with van der Waals surface area (Å²) in [6.45, 7) is 2.41. The minimum absolute atomic E-state index is 0.180. The topological polar surface area (TPSA) is 127 Å². The Labute approximate surface area is 206 Å². The highest BCUT2D eigenvalue weighted by atomic mass is 32.2. The Hall–Kier alpha value is -3.80. The molecule has 0 aliphatic rings. The first-order valence-corrected chi connectivity index (χ1v) is 13.2. The Morgan fingerprint density at radius 2 is 1.89 bits per heavy atom. The van der Waals surface area contributed by atoms with Gasteiger partial charge in [-0.05, 0) is 37.3 Å². The summed E-state index contributed by atoms with van der Waals surface area (Å²) >= 11 is 1.53. The molecule has 0 amide bonds. The van der Waals surface area contributed by atoms with Crippen LogP contribution in [0.2, 0.25) is 0 Å². The molecule has 2 aromatic carbocycles. The normalized spacial score (nSPS) is 11.7. The van der Waals surface area contributed by atoms with Crippen LogP contribution >= 0.6 is 11.3 Å². The number of imidazole rings is 1. The Kier molecular flexibility index (Phi) is 6.20. The molecular weight excluding hydrogens is 482 g/mol. The van der Waals surface area contributed by atoms with Crippen molar-refractivity contribution >= 4 is 38.0 Å². The van der Waals surface area contributed by atoms with E-state index in [0.717, 1.165) is 27.5 Å². The molecule has 0 radical (unpaired) electrons. The van der Waals surface area contributed by atoms with Gasteiger partial charge in [-0.3, -0.25) is 4.40 Å². The van der Waals surface area contributed by atoms with Gasteiger partial charge in [-0.15, -0.1) is 11.3 Å². The summed E-state index contributed by atoms with van der Waals surface area (Å²) in [5.74, 6) is 0.390. The van der Waals surface area contributed by atoms with Crippen molar-refractivity contribution in [3.05, 3.63) is 77.9 Å². The number of nitrogens with two attached hydrogens (primary N) is 1. The van der Waals surface area contributed by atoms with Crippen molar-refractivity contribution in [2.24, 2.45) is 0 Å². The lowest BCUT2D eigenvalue weighted by atomic mass is 10.1. The number of thiazole rings is 1. The van der Waals surface area contributed by atoms with Crippen LogP contribution in [0.1, 0.15) is 5.56 Å². The van der Waals surface area contributed by atoms with Crippen LogP contribution in [0.25, 0.3) is 27.6 Å². The Balaban J connectivity index is 1.34. The summed E-state index contributed by atoms with van der Waals surface area (Å²) in [4.78, 5) is 14.8. The monoisotopic (exact) mass is 505 g/mol. The third-order valence-corrected chi connectivity index (χ3v) is 7.59. The van der Waals surface area contributed by atoms with Crippen LogP contribution in [0.15, 0.2) is 77.3 Å². The van der Waals surface area contributed by atoms with Crippen molar-refractivity contribution in [1.29, 1.82) is 0 Å². The van der Waals surface area contributed by atoms with E-state index in [2.05, 4.69) is 20.0 Å². The minimum atomic E-state index is -3.58. The van der Waals surface area contributed by atoms with Crippen molar-refractivity contribution in [1.82, 2.24) is 24.1 Å². The molecule has 0 saturated carbocycles. The van der Waals surface area contributed by atoms with Crippen LogP contribution < -0.4 is 15.8 Å². The molecule has 3 heterocycles. The summed E-state index contributed by atoms with van der Waals surface area (Å²) in [6.07, 6.45) is 3.61. The van der Waals surface area contributed by atoms with Gasteiger partial charge >= 0.3 is 0 Å². The number of sulfonamides is 1. The zero-order valence-corrected chi connectivity index (χ0v) is 20.5. The van der Waals surface area contributed by atoms with E-state index in [1.54, 1.807) is 30.5 Å². The van der Waals surface area contributed by atoms with Gasteiger partial charge in [-0.2, -0.15) is 0 Å². The summed E-state index contributed by atoms with van der Waals surface area (Å²) in [7, 11) is -3.58. The first-order valence-electron chi connectivity index (χ1n) is 10.9. The third-order valence-electron chi connectivity index (χ3n) is 5.35. The molecule has 11 heteroatoms. The minimum Gasteiger partial charge on any atom is -0.399 e. The van der Waals surface area contributed by atoms with Gasteiger partial charge in [0, 0.05) is 42.1 Å². The van der Waals surface area contributed by atoms with Crippen molar-refractivity contribution in [3.8, 4) is 22.6 Å². The second kappa shape index (κ2) is 9.45. The molecule has 4 N–H and O–H groups in total. The number of anilines is 2. The lowest BCUT2D eigenvalue weighted by Crippen LogP contribution is -2.29. The predicted octanol–water partition coefficient (Wildman–Crippen LogP) is 3.80. The van der Waals surface area contributed by atoms with Crippen LogP contribution in [-0.2, 0) is 10.0 Å².